The molecule has 10 rings (SSSR count). The van der Waals surface area contributed by atoms with Crippen molar-refractivity contribution in [2.75, 3.05) is 0 Å². The molecule has 0 amide bonds. The molecule has 0 aliphatic rings. The molecule has 0 saturated carbocycles. The summed E-state index contributed by atoms with van der Waals surface area (Å²) in [6.45, 7) is 0. The lowest BCUT2D eigenvalue weighted by Gasteiger charge is -2.19. The zero-order valence-electron chi connectivity index (χ0n) is 38.7. The Bertz CT molecular complexity index is 3560. The predicted molar refractivity (Wildman–Crippen MR) is 192 cm³/mol. The van der Waals surface area contributed by atoms with Gasteiger partial charge in [-0.15, -0.1) is 0 Å². The van der Waals surface area contributed by atoms with Gasteiger partial charge < -0.3 is 8.83 Å². The SMILES string of the molecule is [2H]c1c([2H])c([2H])c2c(-c3c4c([2H])c([2H])c([2H])c([2H])c4c(-c4cccc5oc6ccc7c(-c8ccccc8)coc7c6c45)c4c([2H])c([2H])c([2H])c([2H])c34)c([2H])c([2H])c([2H])c2c1[2H]. The minimum atomic E-state index is -0.772. The average molecular weight is 602 g/mol. The summed E-state index contributed by atoms with van der Waals surface area (Å²) in [5, 5.41) is -0.384. The van der Waals surface area contributed by atoms with Crippen LogP contribution in [0.4, 0.5) is 0 Å². The topological polar surface area (TPSA) is 26.3 Å². The van der Waals surface area contributed by atoms with Crippen LogP contribution in [0.3, 0.4) is 0 Å². The van der Waals surface area contributed by atoms with E-state index in [2.05, 4.69) is 0 Å². The van der Waals surface area contributed by atoms with Gasteiger partial charge in [0.2, 0.25) is 0 Å². The lowest BCUT2D eigenvalue weighted by molar-refractivity contribution is 0.619. The van der Waals surface area contributed by atoms with Gasteiger partial charge in [0.1, 0.15) is 16.7 Å². The van der Waals surface area contributed by atoms with E-state index in [0.29, 0.717) is 27.5 Å². The molecule has 0 aliphatic carbocycles. The van der Waals surface area contributed by atoms with E-state index in [9.17, 15) is 6.85 Å². The molecule has 8 aromatic carbocycles. The monoisotopic (exact) mass is 601 g/mol. The maximum absolute atomic E-state index is 9.51. The molecule has 2 aromatic heterocycles. The molecule has 46 heavy (non-hydrogen) atoms. The van der Waals surface area contributed by atoms with Crippen molar-refractivity contribution in [1.29, 1.82) is 0 Å². The van der Waals surface area contributed by atoms with E-state index in [-0.39, 0.29) is 38.2 Å². The van der Waals surface area contributed by atoms with Crippen LogP contribution in [0.5, 0.6) is 0 Å². The largest absolute Gasteiger partial charge is 0.463 e. The highest BCUT2D eigenvalue weighted by atomic mass is 16.3. The van der Waals surface area contributed by atoms with Gasteiger partial charge in [-0.05, 0) is 78.3 Å². The molecular weight excluding hydrogens is 560 g/mol. The van der Waals surface area contributed by atoms with Crippen LogP contribution < -0.4 is 0 Å². The van der Waals surface area contributed by atoms with E-state index < -0.39 is 107 Å². The van der Waals surface area contributed by atoms with Crippen LogP contribution in [-0.2, 0) is 0 Å². The van der Waals surface area contributed by atoms with Crippen molar-refractivity contribution in [3.8, 4) is 33.4 Å². The fraction of sp³-hybridized carbons (Fsp3) is 0. The van der Waals surface area contributed by atoms with Gasteiger partial charge in [0.05, 0.1) is 32.2 Å². The van der Waals surface area contributed by atoms with Crippen LogP contribution in [0.15, 0.2) is 166 Å². The third-order valence-electron chi connectivity index (χ3n) is 8.49. The molecule has 0 unspecified atom stereocenters. The standard InChI is InChI=1S/C44H26O2/c1-2-12-28(13-3-1)37-26-45-44-35(37)24-25-39-43(44)42-36(22-11-23-38(42)46-39)41-33-19-8-6-17-31(33)40(32-18-7-9-20-34(32)41)30-21-10-15-27-14-4-5-16-29(27)30/h1-26H/i4D,5D,6D,7D,8D,9D,10D,14D,15D,16D,17D,18D,19D,20D,21D. The number of hydrogen-bond donors (Lipinski definition) is 0. The summed E-state index contributed by atoms with van der Waals surface area (Å²) in [5.74, 6) is 0. The lowest BCUT2D eigenvalue weighted by atomic mass is 9.84. The number of fused-ring (bicyclic) bond motifs is 8. The van der Waals surface area contributed by atoms with Gasteiger partial charge in [0.15, 0.2) is 0 Å². The first kappa shape index (κ1) is 14.8. The predicted octanol–water partition coefficient (Wildman–Crippen LogP) is 12.8. The highest BCUT2D eigenvalue weighted by molar-refractivity contribution is 6.29. The Morgan fingerprint density at radius 2 is 1.07 bits per heavy atom. The minimum Gasteiger partial charge on any atom is -0.463 e. The molecule has 2 heterocycles. The van der Waals surface area contributed by atoms with E-state index in [1.807, 2.05) is 36.4 Å². The minimum absolute atomic E-state index is 0.0335. The van der Waals surface area contributed by atoms with Crippen LogP contribution >= 0.6 is 0 Å². The highest BCUT2D eigenvalue weighted by Crippen LogP contribution is 2.49. The maximum atomic E-state index is 9.51. The second-order valence-electron chi connectivity index (χ2n) is 10.9. The second kappa shape index (κ2) is 9.69. The number of rotatable bonds is 3. The van der Waals surface area contributed by atoms with Crippen molar-refractivity contribution in [3.05, 3.63) is 158 Å². The van der Waals surface area contributed by atoms with Crippen LogP contribution in [0.2, 0.25) is 0 Å². The summed E-state index contributed by atoms with van der Waals surface area (Å²) in [6, 6.07) is 7.68. The van der Waals surface area contributed by atoms with Gasteiger partial charge in [0, 0.05) is 16.3 Å². The van der Waals surface area contributed by atoms with Gasteiger partial charge in [-0.2, -0.15) is 0 Å². The third kappa shape index (κ3) is 3.53. The molecule has 0 spiro atoms. The van der Waals surface area contributed by atoms with Crippen LogP contribution in [-0.4, -0.2) is 0 Å². The Labute approximate surface area is 285 Å². The normalized spacial score (nSPS) is 16.5. The fourth-order valence-corrected chi connectivity index (χ4v) is 6.59. The summed E-state index contributed by atoms with van der Waals surface area (Å²) in [5.41, 5.74) is 2.19. The van der Waals surface area contributed by atoms with Crippen molar-refractivity contribution in [2.24, 2.45) is 0 Å². The van der Waals surface area contributed by atoms with Crippen molar-refractivity contribution < 1.29 is 29.4 Å². The van der Waals surface area contributed by atoms with E-state index in [1.54, 1.807) is 30.5 Å². The van der Waals surface area contributed by atoms with E-state index >= 15 is 0 Å². The first-order valence-corrected chi connectivity index (χ1v) is 14.5. The third-order valence-corrected chi connectivity index (χ3v) is 8.49. The quantitative estimate of drug-likeness (QED) is 0.188. The van der Waals surface area contributed by atoms with Gasteiger partial charge in [-0.1, -0.05) is 133 Å². The Balaban J connectivity index is 1.51. The molecule has 0 N–H and O–H groups in total. The summed E-state index contributed by atoms with van der Waals surface area (Å²) in [7, 11) is 0. The first-order valence-electron chi connectivity index (χ1n) is 22.0. The Kier molecular flexibility index (Phi) is 3.11. The number of benzene rings is 8. The van der Waals surface area contributed by atoms with E-state index in [4.69, 9.17) is 22.5 Å². The molecule has 0 radical (unpaired) electrons. The zero-order valence-corrected chi connectivity index (χ0v) is 23.7. The Hall–Kier alpha value is -6.12. The van der Waals surface area contributed by atoms with E-state index in [1.165, 1.54) is 0 Å². The summed E-state index contributed by atoms with van der Waals surface area (Å²) < 4.78 is 148. The Morgan fingerprint density at radius 1 is 0.435 bits per heavy atom. The number of hydrogen-bond acceptors (Lipinski definition) is 2. The zero-order chi connectivity index (χ0) is 43.2. The molecule has 0 bridgehead atoms. The molecule has 0 fully saturated rings. The van der Waals surface area contributed by atoms with Crippen molar-refractivity contribution in [1.82, 2.24) is 0 Å². The van der Waals surface area contributed by atoms with E-state index in [0.717, 1.165) is 16.5 Å². The van der Waals surface area contributed by atoms with Crippen LogP contribution in [0.1, 0.15) is 20.6 Å². The molecule has 0 atom stereocenters. The van der Waals surface area contributed by atoms with Crippen LogP contribution in [0, 0.1) is 0 Å². The lowest BCUT2D eigenvalue weighted by Crippen LogP contribution is -1.92. The summed E-state index contributed by atoms with van der Waals surface area (Å²) in [6.07, 6.45) is 1.62. The smallest absolute Gasteiger partial charge is 0.146 e. The first-order chi connectivity index (χ1) is 29.1. The summed E-state index contributed by atoms with van der Waals surface area (Å²) in [4.78, 5) is 0. The molecular formula is C44H26O2. The maximum Gasteiger partial charge on any atom is 0.146 e. The molecule has 10 aromatic rings. The molecule has 0 saturated heterocycles. The van der Waals surface area contributed by atoms with Crippen molar-refractivity contribution >= 4 is 65.2 Å². The summed E-state index contributed by atoms with van der Waals surface area (Å²) >= 11 is 0. The van der Waals surface area contributed by atoms with Crippen molar-refractivity contribution in [2.45, 2.75) is 0 Å². The molecule has 2 heteroatoms. The van der Waals surface area contributed by atoms with Crippen LogP contribution in [0.25, 0.3) is 98.6 Å². The molecule has 214 valence electrons. The average Bonchev–Trinajstić information content (AvgIpc) is 3.88. The molecule has 2 nitrogen and oxygen atoms in total. The van der Waals surface area contributed by atoms with Gasteiger partial charge in [-0.3, -0.25) is 0 Å². The van der Waals surface area contributed by atoms with Crippen molar-refractivity contribution in [3.63, 3.8) is 0 Å². The van der Waals surface area contributed by atoms with Gasteiger partial charge in [-0.25, -0.2) is 0 Å². The highest BCUT2D eigenvalue weighted by Gasteiger charge is 2.23. The van der Waals surface area contributed by atoms with Gasteiger partial charge >= 0.3 is 0 Å². The second-order valence-corrected chi connectivity index (χ2v) is 10.9. The number of furan rings is 2. The fourth-order valence-electron chi connectivity index (χ4n) is 6.59. The Morgan fingerprint density at radius 3 is 1.80 bits per heavy atom. The molecule has 0 aliphatic heterocycles. The van der Waals surface area contributed by atoms with Gasteiger partial charge in [0.25, 0.3) is 0 Å².